The maximum Gasteiger partial charge on any atom is 0.308 e. The Hall–Kier alpha value is -4.38. The number of hydrogen-bond donors (Lipinski definition) is 1. The van der Waals surface area contributed by atoms with Crippen LogP contribution in [0.5, 0.6) is 17.4 Å². The van der Waals surface area contributed by atoms with Crippen LogP contribution in [0.2, 0.25) is 0 Å². The van der Waals surface area contributed by atoms with E-state index in [0.717, 1.165) is 16.3 Å². The number of carbonyl (C=O) groups excluding carboxylic acids is 1. The number of aryl methyl sites for hydroxylation is 1. The van der Waals surface area contributed by atoms with E-state index in [1.807, 2.05) is 54.6 Å². The molecule has 1 aromatic heterocycles. The van der Waals surface area contributed by atoms with Gasteiger partial charge in [-0.25, -0.2) is 0 Å². The van der Waals surface area contributed by atoms with Gasteiger partial charge >= 0.3 is 5.91 Å². The quantitative estimate of drug-likeness (QED) is 0.336. The fraction of sp³-hybridized carbons (Fsp3) is 0.200. The van der Waals surface area contributed by atoms with E-state index in [1.165, 1.54) is 0 Å². The zero-order chi connectivity index (χ0) is 22.8. The molecule has 164 valence electrons. The van der Waals surface area contributed by atoms with Gasteiger partial charge in [-0.3, -0.25) is 4.79 Å². The average molecular weight is 440 g/mol. The highest BCUT2D eigenvalue weighted by Crippen LogP contribution is 2.39. The Morgan fingerprint density at radius 1 is 1.12 bits per heavy atom. The summed E-state index contributed by atoms with van der Waals surface area (Å²) < 4.78 is 13.3. The molecule has 1 unspecified atom stereocenters. The summed E-state index contributed by atoms with van der Waals surface area (Å²) in [6.45, 7) is 0.471. The van der Waals surface area contributed by atoms with Crippen LogP contribution in [0.4, 0.5) is 5.69 Å². The van der Waals surface area contributed by atoms with Gasteiger partial charge in [0.25, 0.3) is 0 Å². The van der Waals surface area contributed by atoms with Crippen molar-refractivity contribution in [2.45, 2.75) is 25.5 Å². The van der Waals surface area contributed by atoms with Crippen LogP contribution in [-0.4, -0.2) is 28.3 Å². The highest BCUT2D eigenvalue weighted by Gasteiger charge is 2.28. The lowest BCUT2D eigenvalue weighted by Crippen LogP contribution is -2.35. The largest absolute Gasteiger partial charge is 0.493 e. The minimum Gasteiger partial charge on any atom is -0.493 e. The van der Waals surface area contributed by atoms with Crippen LogP contribution < -0.4 is 9.47 Å². The first kappa shape index (κ1) is 20.5. The second kappa shape index (κ2) is 8.63. The first-order chi connectivity index (χ1) is 16.2. The van der Waals surface area contributed by atoms with E-state index in [2.05, 4.69) is 16.3 Å². The Morgan fingerprint density at radius 2 is 1.85 bits per heavy atom. The molecule has 1 aliphatic heterocycles. The Bertz CT molecular complexity index is 1430. The van der Waals surface area contributed by atoms with E-state index in [-0.39, 0.29) is 18.2 Å². The van der Waals surface area contributed by atoms with Gasteiger partial charge in [-0.2, -0.15) is 5.26 Å². The standard InChI is InChI=1S/C25H20N4O4/c26-11-5-6-12-29-19-10-4-3-9-18(19)23(25(29)31)27-28-24(30)22-15-32-20-13-16-7-1-2-8-17(16)14-21(20)33-22/h1-4,7-10,13-14,22,31H,5-6,12,15H2. The number of amides is 1. The number of unbranched alkanes of at least 4 members (excludes halogenated alkanes) is 1. The molecule has 0 spiro atoms. The number of nitriles is 1. The lowest BCUT2D eigenvalue weighted by molar-refractivity contribution is -0.127. The average Bonchev–Trinajstić information content (AvgIpc) is 3.11. The van der Waals surface area contributed by atoms with Crippen molar-refractivity contribution in [2.24, 2.45) is 10.2 Å². The number of para-hydroxylation sites is 1. The normalized spacial score (nSPS) is 15.2. The number of ether oxygens (including phenoxy) is 2. The molecule has 4 aromatic rings. The minimum absolute atomic E-state index is 0.0189. The highest BCUT2D eigenvalue weighted by atomic mass is 16.6. The zero-order valence-corrected chi connectivity index (χ0v) is 17.6. The summed E-state index contributed by atoms with van der Waals surface area (Å²) >= 11 is 0. The third-order valence-corrected chi connectivity index (χ3v) is 5.58. The maximum absolute atomic E-state index is 12.7. The van der Waals surface area contributed by atoms with Crippen LogP contribution in [0.15, 0.2) is 70.9 Å². The fourth-order valence-corrected chi connectivity index (χ4v) is 3.95. The van der Waals surface area contributed by atoms with E-state index in [0.29, 0.717) is 36.3 Å². The summed E-state index contributed by atoms with van der Waals surface area (Å²) in [7, 11) is 0. The monoisotopic (exact) mass is 440 g/mol. The molecular weight excluding hydrogens is 420 g/mol. The number of azo groups is 1. The minimum atomic E-state index is -0.937. The number of aromatic nitrogens is 1. The van der Waals surface area contributed by atoms with Gasteiger partial charge in [-0.15, -0.1) is 10.2 Å². The second-order valence-electron chi connectivity index (χ2n) is 7.70. The van der Waals surface area contributed by atoms with Crippen molar-refractivity contribution < 1.29 is 19.4 Å². The first-order valence-electron chi connectivity index (χ1n) is 10.6. The van der Waals surface area contributed by atoms with Crippen LogP contribution >= 0.6 is 0 Å². The summed E-state index contributed by atoms with van der Waals surface area (Å²) in [6, 6.07) is 20.9. The SMILES string of the molecule is N#CCCCn1c(O)c(N=NC(=O)C2COc3cc4ccccc4cc3O2)c2ccccc21. The van der Waals surface area contributed by atoms with Crippen LogP contribution in [-0.2, 0) is 11.3 Å². The third kappa shape index (κ3) is 3.85. The number of aromatic hydroxyl groups is 1. The van der Waals surface area contributed by atoms with E-state index in [9.17, 15) is 9.90 Å². The van der Waals surface area contributed by atoms with Gasteiger partial charge in [0.2, 0.25) is 12.0 Å². The summed E-state index contributed by atoms with van der Waals surface area (Å²) in [6.07, 6.45) is 0.0185. The van der Waals surface area contributed by atoms with Crippen LogP contribution in [0.1, 0.15) is 12.8 Å². The Kier molecular flexibility index (Phi) is 5.37. The predicted molar refractivity (Wildman–Crippen MR) is 122 cm³/mol. The van der Waals surface area contributed by atoms with E-state index >= 15 is 0 Å². The van der Waals surface area contributed by atoms with Gasteiger partial charge in [-0.1, -0.05) is 42.5 Å². The van der Waals surface area contributed by atoms with Gasteiger partial charge in [-0.05, 0) is 35.4 Å². The van der Waals surface area contributed by atoms with Crippen LogP contribution in [0.25, 0.3) is 21.7 Å². The number of carbonyl (C=O) groups is 1. The summed E-state index contributed by atoms with van der Waals surface area (Å²) in [5.74, 6) is 0.357. The van der Waals surface area contributed by atoms with Crippen molar-refractivity contribution in [3.8, 4) is 23.4 Å². The molecule has 0 aliphatic carbocycles. The number of benzene rings is 3. The summed E-state index contributed by atoms with van der Waals surface area (Å²) in [5.41, 5.74) is 0.964. The number of fused-ring (bicyclic) bond motifs is 3. The summed E-state index contributed by atoms with van der Waals surface area (Å²) in [5, 5.41) is 30.1. The fourth-order valence-electron chi connectivity index (χ4n) is 3.95. The summed E-state index contributed by atoms with van der Waals surface area (Å²) in [4.78, 5) is 12.7. The van der Waals surface area contributed by atoms with Crippen molar-refractivity contribution >= 4 is 33.3 Å². The molecule has 0 bridgehead atoms. The molecule has 8 heteroatoms. The van der Waals surface area contributed by atoms with Crippen molar-refractivity contribution in [3.05, 3.63) is 60.7 Å². The number of hydrogen-bond acceptors (Lipinski definition) is 6. The smallest absolute Gasteiger partial charge is 0.308 e. The van der Waals surface area contributed by atoms with Crippen molar-refractivity contribution in [2.75, 3.05) is 6.61 Å². The molecule has 1 atom stereocenters. The Morgan fingerprint density at radius 3 is 2.64 bits per heavy atom. The molecule has 0 radical (unpaired) electrons. The topological polar surface area (TPSA) is 109 Å². The maximum atomic E-state index is 12.7. The van der Waals surface area contributed by atoms with E-state index in [4.69, 9.17) is 14.7 Å². The number of rotatable bonds is 5. The molecule has 33 heavy (non-hydrogen) atoms. The Labute approximate surface area is 189 Å². The van der Waals surface area contributed by atoms with Crippen molar-refractivity contribution in [1.29, 1.82) is 5.26 Å². The predicted octanol–water partition coefficient (Wildman–Crippen LogP) is 5.25. The first-order valence-corrected chi connectivity index (χ1v) is 10.6. The van der Waals surface area contributed by atoms with E-state index in [1.54, 1.807) is 10.6 Å². The molecule has 8 nitrogen and oxygen atoms in total. The Balaban J connectivity index is 1.39. The van der Waals surface area contributed by atoms with Gasteiger partial charge in [0.15, 0.2) is 17.2 Å². The molecule has 3 aromatic carbocycles. The van der Waals surface area contributed by atoms with Crippen LogP contribution in [0.3, 0.4) is 0 Å². The third-order valence-electron chi connectivity index (χ3n) is 5.58. The molecule has 0 saturated carbocycles. The number of nitrogens with zero attached hydrogens (tertiary/aromatic N) is 4. The molecule has 1 N–H and O–H groups in total. The van der Waals surface area contributed by atoms with Gasteiger partial charge in [0.05, 0.1) is 11.6 Å². The van der Waals surface area contributed by atoms with Crippen molar-refractivity contribution in [3.63, 3.8) is 0 Å². The lowest BCUT2D eigenvalue weighted by atomic mass is 10.1. The van der Waals surface area contributed by atoms with Gasteiger partial charge in [0.1, 0.15) is 6.61 Å². The molecule has 2 heterocycles. The van der Waals surface area contributed by atoms with Gasteiger partial charge < -0.3 is 19.1 Å². The van der Waals surface area contributed by atoms with Crippen LogP contribution in [0, 0.1) is 11.3 Å². The molecule has 1 amide bonds. The lowest BCUT2D eigenvalue weighted by Gasteiger charge is -2.24. The highest BCUT2D eigenvalue weighted by molar-refractivity contribution is 5.95. The van der Waals surface area contributed by atoms with E-state index < -0.39 is 12.0 Å². The molecular formula is C25H20N4O4. The van der Waals surface area contributed by atoms with Gasteiger partial charge in [0, 0.05) is 18.4 Å². The zero-order valence-electron chi connectivity index (χ0n) is 17.6. The molecule has 0 fully saturated rings. The molecule has 5 rings (SSSR count). The molecule has 1 aliphatic rings. The molecule has 0 saturated heterocycles. The second-order valence-corrected chi connectivity index (χ2v) is 7.70. The van der Waals surface area contributed by atoms with Crippen molar-refractivity contribution in [1.82, 2.24) is 4.57 Å².